The van der Waals surface area contributed by atoms with E-state index < -0.39 is 0 Å². The molecule has 0 bridgehead atoms. The molecule has 25 heavy (non-hydrogen) atoms. The van der Waals surface area contributed by atoms with E-state index in [1.165, 1.54) is 24.0 Å². The van der Waals surface area contributed by atoms with Gasteiger partial charge in [-0.15, -0.1) is 11.3 Å². The maximum absolute atomic E-state index is 5.39. The van der Waals surface area contributed by atoms with Gasteiger partial charge in [-0.05, 0) is 18.4 Å². The zero-order valence-corrected chi connectivity index (χ0v) is 15.1. The molecule has 0 atom stereocenters. The highest BCUT2D eigenvalue weighted by Gasteiger charge is 2.34. The quantitative estimate of drug-likeness (QED) is 0.725. The van der Waals surface area contributed by atoms with Crippen LogP contribution in [0.5, 0.6) is 0 Å². The number of nitrogens with one attached hydrogen (secondary N) is 1. The van der Waals surface area contributed by atoms with Gasteiger partial charge < -0.3 is 10.1 Å². The van der Waals surface area contributed by atoms with Crippen molar-refractivity contribution >= 4 is 27.4 Å². The molecule has 5 rings (SSSR count). The average Bonchev–Trinajstić information content (AvgIpc) is 3.38. The summed E-state index contributed by atoms with van der Waals surface area (Å²) in [7, 11) is 0. The Kier molecular flexibility index (Phi) is 3.54. The molecule has 5 heteroatoms. The number of fused-ring (bicyclic) bond motifs is 1. The fourth-order valence-corrected chi connectivity index (χ4v) is 4.24. The molecule has 1 aromatic carbocycles. The highest BCUT2D eigenvalue weighted by Crippen LogP contribution is 2.43. The first-order valence-corrected chi connectivity index (χ1v) is 9.76. The predicted molar refractivity (Wildman–Crippen MR) is 102 cm³/mol. The number of hydrogen-bond acceptors (Lipinski definition) is 5. The van der Waals surface area contributed by atoms with E-state index in [1.54, 1.807) is 11.3 Å². The molecule has 0 amide bonds. The van der Waals surface area contributed by atoms with Gasteiger partial charge in [-0.2, -0.15) is 0 Å². The van der Waals surface area contributed by atoms with Crippen molar-refractivity contribution in [2.45, 2.75) is 25.7 Å². The summed E-state index contributed by atoms with van der Waals surface area (Å²) in [6.45, 7) is 4.78. The molecule has 1 saturated carbocycles. The maximum atomic E-state index is 5.39. The smallest absolute Gasteiger partial charge is 0.139 e. The van der Waals surface area contributed by atoms with Crippen LogP contribution >= 0.6 is 11.3 Å². The van der Waals surface area contributed by atoms with E-state index in [2.05, 4.69) is 48.0 Å². The van der Waals surface area contributed by atoms with Crippen molar-refractivity contribution in [1.82, 2.24) is 9.97 Å². The van der Waals surface area contributed by atoms with Gasteiger partial charge in [-0.3, -0.25) is 0 Å². The van der Waals surface area contributed by atoms with E-state index in [-0.39, 0.29) is 5.41 Å². The standard InChI is InChI=1S/C20H21N3OS/c1-20(11-24-12-20)10-21-18-16-15(13-5-3-2-4-6-13)9-25-19(16)23-17(22-18)14-7-8-14/h2-6,9,14H,7-8,10-12H2,1H3,(H,21,22,23). The van der Waals surface area contributed by atoms with Gasteiger partial charge >= 0.3 is 0 Å². The fraction of sp³-hybridized carbons (Fsp3) is 0.400. The molecule has 1 saturated heterocycles. The first-order chi connectivity index (χ1) is 12.2. The van der Waals surface area contributed by atoms with Crippen LogP contribution in [0.3, 0.4) is 0 Å². The first-order valence-electron chi connectivity index (χ1n) is 8.88. The molecule has 2 fully saturated rings. The van der Waals surface area contributed by atoms with Crippen LogP contribution in [0.15, 0.2) is 35.7 Å². The molecule has 0 radical (unpaired) electrons. The molecule has 1 aliphatic carbocycles. The summed E-state index contributed by atoms with van der Waals surface area (Å²) in [6.07, 6.45) is 2.43. The van der Waals surface area contributed by atoms with Crippen LogP contribution in [0.25, 0.3) is 21.3 Å². The Balaban J connectivity index is 1.59. The van der Waals surface area contributed by atoms with Gasteiger partial charge in [0, 0.05) is 28.8 Å². The Hall–Kier alpha value is -1.98. The van der Waals surface area contributed by atoms with E-state index >= 15 is 0 Å². The number of nitrogens with zero attached hydrogens (tertiary/aromatic N) is 2. The van der Waals surface area contributed by atoms with Crippen molar-refractivity contribution in [2.75, 3.05) is 25.1 Å². The van der Waals surface area contributed by atoms with E-state index in [1.807, 2.05) is 0 Å². The van der Waals surface area contributed by atoms with Crippen LogP contribution in [-0.4, -0.2) is 29.7 Å². The molecule has 128 valence electrons. The third-order valence-corrected chi connectivity index (χ3v) is 5.93. The molecule has 3 aromatic rings. The Morgan fingerprint density at radius 3 is 2.68 bits per heavy atom. The first kappa shape index (κ1) is 15.3. The number of hydrogen-bond donors (Lipinski definition) is 1. The molecule has 0 spiro atoms. The summed E-state index contributed by atoms with van der Waals surface area (Å²) in [5.41, 5.74) is 2.65. The Labute approximate surface area is 151 Å². The topological polar surface area (TPSA) is 47.0 Å². The van der Waals surface area contributed by atoms with Gasteiger partial charge in [0.15, 0.2) is 0 Å². The van der Waals surface area contributed by atoms with Gasteiger partial charge in [0.25, 0.3) is 0 Å². The lowest BCUT2D eigenvalue weighted by Gasteiger charge is -2.38. The van der Waals surface area contributed by atoms with Crippen LogP contribution < -0.4 is 5.32 Å². The Morgan fingerprint density at radius 2 is 2.00 bits per heavy atom. The SMILES string of the molecule is CC1(CNc2nc(C3CC3)nc3scc(-c4ccccc4)c23)COC1. The monoisotopic (exact) mass is 351 g/mol. The lowest BCUT2D eigenvalue weighted by Crippen LogP contribution is -2.45. The van der Waals surface area contributed by atoms with Crippen LogP contribution in [-0.2, 0) is 4.74 Å². The van der Waals surface area contributed by atoms with Crippen molar-refractivity contribution < 1.29 is 4.74 Å². The number of aromatic nitrogens is 2. The van der Waals surface area contributed by atoms with Crippen molar-refractivity contribution in [3.05, 3.63) is 41.5 Å². The summed E-state index contributed by atoms with van der Waals surface area (Å²) in [5.74, 6) is 2.54. The number of thiophene rings is 1. The molecular formula is C20H21N3OS. The van der Waals surface area contributed by atoms with E-state index in [0.717, 1.165) is 41.6 Å². The number of rotatable bonds is 5. The number of ether oxygens (including phenoxy) is 1. The summed E-state index contributed by atoms with van der Waals surface area (Å²) in [4.78, 5) is 10.9. The predicted octanol–water partition coefficient (Wildman–Crippen LogP) is 4.68. The number of benzene rings is 1. The molecule has 0 unspecified atom stereocenters. The lowest BCUT2D eigenvalue weighted by molar-refractivity contribution is -0.0924. The average molecular weight is 351 g/mol. The van der Waals surface area contributed by atoms with Crippen molar-refractivity contribution in [2.24, 2.45) is 5.41 Å². The van der Waals surface area contributed by atoms with Gasteiger partial charge in [0.1, 0.15) is 16.5 Å². The molecule has 4 nitrogen and oxygen atoms in total. The van der Waals surface area contributed by atoms with Gasteiger partial charge in [-0.25, -0.2) is 9.97 Å². The van der Waals surface area contributed by atoms with Crippen LogP contribution in [0.4, 0.5) is 5.82 Å². The third kappa shape index (κ3) is 2.81. The highest BCUT2D eigenvalue weighted by molar-refractivity contribution is 7.17. The van der Waals surface area contributed by atoms with Crippen LogP contribution in [0.1, 0.15) is 31.5 Å². The molecule has 2 aromatic heterocycles. The normalized spacial score (nSPS) is 18.9. The minimum absolute atomic E-state index is 0.208. The highest BCUT2D eigenvalue weighted by atomic mass is 32.1. The minimum atomic E-state index is 0.208. The van der Waals surface area contributed by atoms with Gasteiger partial charge in [0.05, 0.1) is 18.6 Å². The largest absolute Gasteiger partial charge is 0.380 e. The molecule has 1 aliphatic heterocycles. The van der Waals surface area contributed by atoms with Crippen molar-refractivity contribution in [1.29, 1.82) is 0 Å². The number of anilines is 1. The molecule has 1 N–H and O–H groups in total. The third-order valence-electron chi connectivity index (χ3n) is 5.06. The van der Waals surface area contributed by atoms with Gasteiger partial charge in [-0.1, -0.05) is 37.3 Å². The minimum Gasteiger partial charge on any atom is -0.380 e. The van der Waals surface area contributed by atoms with E-state index in [9.17, 15) is 0 Å². The molecular weight excluding hydrogens is 330 g/mol. The summed E-state index contributed by atoms with van der Waals surface area (Å²) >= 11 is 1.72. The summed E-state index contributed by atoms with van der Waals surface area (Å²) < 4.78 is 5.39. The zero-order valence-electron chi connectivity index (χ0n) is 14.3. The molecule has 3 heterocycles. The maximum Gasteiger partial charge on any atom is 0.139 e. The second kappa shape index (κ2) is 5.78. The van der Waals surface area contributed by atoms with E-state index in [0.29, 0.717) is 5.92 Å². The Bertz CT molecular complexity index is 913. The zero-order chi connectivity index (χ0) is 16.9. The van der Waals surface area contributed by atoms with Crippen molar-refractivity contribution in [3.8, 4) is 11.1 Å². The second-order valence-corrected chi connectivity index (χ2v) is 8.42. The van der Waals surface area contributed by atoms with Crippen LogP contribution in [0, 0.1) is 5.41 Å². The summed E-state index contributed by atoms with van der Waals surface area (Å²) in [5, 5.41) is 6.99. The fourth-order valence-electron chi connectivity index (χ4n) is 3.29. The van der Waals surface area contributed by atoms with Gasteiger partial charge in [0.2, 0.25) is 0 Å². The molecule has 2 aliphatic rings. The second-order valence-electron chi connectivity index (χ2n) is 7.56. The van der Waals surface area contributed by atoms with Crippen LogP contribution in [0.2, 0.25) is 0 Å². The summed E-state index contributed by atoms with van der Waals surface area (Å²) in [6, 6.07) is 10.5. The Morgan fingerprint density at radius 1 is 1.20 bits per heavy atom. The lowest BCUT2D eigenvalue weighted by atomic mass is 9.89. The van der Waals surface area contributed by atoms with Crippen molar-refractivity contribution in [3.63, 3.8) is 0 Å². The van der Waals surface area contributed by atoms with E-state index in [4.69, 9.17) is 14.7 Å².